The lowest BCUT2D eigenvalue weighted by molar-refractivity contribution is -0.137. The molecule has 1 aromatic rings. The molecular weight excluding hydrogens is 248 g/mol. The number of nitrogens with zero attached hydrogens (tertiary/aromatic N) is 2. The monoisotopic (exact) mass is 266 g/mol. The van der Waals surface area contributed by atoms with Gasteiger partial charge in [0.15, 0.2) is 0 Å². The van der Waals surface area contributed by atoms with Crippen LogP contribution in [0.2, 0.25) is 0 Å². The summed E-state index contributed by atoms with van der Waals surface area (Å²) in [5.74, 6) is -1.02. The molecule has 2 rings (SSSR count). The number of nitrogens with two attached hydrogens (primary N) is 1. The average Bonchev–Trinajstić information content (AvgIpc) is 2.76. The largest absolute Gasteiger partial charge is 0.480 e. The van der Waals surface area contributed by atoms with Gasteiger partial charge in [-0.1, -0.05) is 0 Å². The van der Waals surface area contributed by atoms with E-state index in [1.807, 2.05) is 0 Å². The first-order chi connectivity index (χ1) is 9.04. The predicted octanol–water partition coefficient (Wildman–Crippen LogP) is 0.424. The van der Waals surface area contributed by atoms with E-state index in [0.29, 0.717) is 5.69 Å². The molecule has 0 atom stereocenters. The van der Waals surface area contributed by atoms with E-state index < -0.39 is 5.97 Å². The van der Waals surface area contributed by atoms with Crippen molar-refractivity contribution in [1.82, 2.24) is 9.78 Å². The lowest BCUT2D eigenvalue weighted by Crippen LogP contribution is -2.32. The molecule has 0 aliphatic heterocycles. The third-order valence-electron chi connectivity index (χ3n) is 3.34. The molecule has 0 bridgehead atoms. The summed E-state index contributed by atoms with van der Waals surface area (Å²) < 4.78 is 1.27. The second-order valence-corrected chi connectivity index (χ2v) is 4.92. The van der Waals surface area contributed by atoms with Gasteiger partial charge in [0.25, 0.3) is 0 Å². The molecule has 0 aromatic carbocycles. The highest BCUT2D eigenvalue weighted by Gasteiger charge is 2.24. The van der Waals surface area contributed by atoms with Crippen LogP contribution in [0.3, 0.4) is 0 Å². The Morgan fingerprint density at radius 2 is 2.11 bits per heavy atom. The van der Waals surface area contributed by atoms with E-state index in [2.05, 4.69) is 10.4 Å². The van der Waals surface area contributed by atoms with E-state index in [1.165, 1.54) is 17.1 Å². The molecular formula is C12H18N4O3. The fourth-order valence-electron chi connectivity index (χ4n) is 2.28. The third kappa shape index (κ3) is 3.78. The summed E-state index contributed by atoms with van der Waals surface area (Å²) in [7, 11) is 0. The fourth-order valence-corrected chi connectivity index (χ4v) is 2.28. The Kier molecular flexibility index (Phi) is 4.16. The minimum absolute atomic E-state index is 0.0115. The smallest absolute Gasteiger partial charge is 0.325 e. The minimum Gasteiger partial charge on any atom is -0.480 e. The normalized spacial score (nSPS) is 23.0. The highest BCUT2D eigenvalue weighted by Crippen LogP contribution is 2.24. The maximum absolute atomic E-state index is 12.0. The summed E-state index contributed by atoms with van der Waals surface area (Å²) in [6.45, 7) is -0.214. The van der Waals surface area contributed by atoms with Crippen LogP contribution < -0.4 is 11.1 Å². The van der Waals surface area contributed by atoms with E-state index in [0.717, 1.165) is 25.7 Å². The summed E-state index contributed by atoms with van der Waals surface area (Å²) in [5, 5.41) is 15.3. The van der Waals surface area contributed by atoms with Crippen molar-refractivity contribution in [3.8, 4) is 0 Å². The van der Waals surface area contributed by atoms with Crippen molar-refractivity contribution in [3.05, 3.63) is 12.4 Å². The standard InChI is InChI=1S/C12H18N4O3/c13-9-3-1-8(2-4-9)12(19)15-10-5-14-16(6-10)7-11(17)18/h5-6,8-9H,1-4,7,13H2,(H,15,19)(H,17,18). The average molecular weight is 266 g/mol. The van der Waals surface area contributed by atoms with Gasteiger partial charge in [0.05, 0.1) is 11.9 Å². The number of rotatable bonds is 4. The summed E-state index contributed by atoms with van der Waals surface area (Å²) in [6, 6.07) is 0.211. The second-order valence-electron chi connectivity index (χ2n) is 4.92. The number of carbonyl (C=O) groups excluding carboxylic acids is 1. The van der Waals surface area contributed by atoms with Crippen LogP contribution in [0.25, 0.3) is 0 Å². The van der Waals surface area contributed by atoms with Crippen LogP contribution in [0.1, 0.15) is 25.7 Å². The lowest BCUT2D eigenvalue weighted by atomic mass is 9.86. The number of anilines is 1. The topological polar surface area (TPSA) is 110 Å². The number of hydrogen-bond donors (Lipinski definition) is 3. The number of amides is 1. The SMILES string of the molecule is NC1CCC(C(=O)Nc2cnn(CC(=O)O)c2)CC1. The number of aliphatic carboxylic acids is 1. The predicted molar refractivity (Wildman–Crippen MR) is 68.4 cm³/mol. The lowest BCUT2D eigenvalue weighted by Gasteiger charge is -2.24. The van der Waals surface area contributed by atoms with Gasteiger partial charge < -0.3 is 16.2 Å². The quantitative estimate of drug-likeness (QED) is 0.731. The summed E-state index contributed by atoms with van der Waals surface area (Å²) in [5.41, 5.74) is 6.33. The van der Waals surface area contributed by atoms with Crippen LogP contribution in [0.5, 0.6) is 0 Å². The zero-order valence-corrected chi connectivity index (χ0v) is 10.6. The molecule has 0 spiro atoms. The number of aromatic nitrogens is 2. The molecule has 0 radical (unpaired) electrons. The summed E-state index contributed by atoms with van der Waals surface area (Å²) in [6.07, 6.45) is 6.31. The Labute approximate surface area is 110 Å². The maximum atomic E-state index is 12.0. The van der Waals surface area contributed by atoms with Crippen molar-refractivity contribution < 1.29 is 14.7 Å². The van der Waals surface area contributed by atoms with E-state index >= 15 is 0 Å². The van der Waals surface area contributed by atoms with E-state index in [1.54, 1.807) is 0 Å². The summed E-state index contributed by atoms with van der Waals surface area (Å²) in [4.78, 5) is 22.5. The number of carbonyl (C=O) groups is 2. The van der Waals surface area contributed by atoms with Crippen LogP contribution >= 0.6 is 0 Å². The molecule has 0 unspecified atom stereocenters. The Morgan fingerprint density at radius 3 is 2.74 bits per heavy atom. The van der Waals surface area contributed by atoms with E-state index in [-0.39, 0.29) is 24.4 Å². The van der Waals surface area contributed by atoms with Gasteiger partial charge in [0, 0.05) is 18.2 Å². The van der Waals surface area contributed by atoms with Crippen LogP contribution in [-0.4, -0.2) is 32.8 Å². The molecule has 7 heteroatoms. The van der Waals surface area contributed by atoms with E-state index in [9.17, 15) is 9.59 Å². The highest BCUT2D eigenvalue weighted by atomic mass is 16.4. The highest BCUT2D eigenvalue weighted by molar-refractivity contribution is 5.92. The Morgan fingerprint density at radius 1 is 1.42 bits per heavy atom. The van der Waals surface area contributed by atoms with Gasteiger partial charge in [0.1, 0.15) is 6.54 Å². The molecule has 1 aromatic heterocycles. The maximum Gasteiger partial charge on any atom is 0.325 e. The van der Waals surface area contributed by atoms with Crippen molar-refractivity contribution in [2.75, 3.05) is 5.32 Å². The molecule has 19 heavy (non-hydrogen) atoms. The molecule has 1 saturated carbocycles. The first kappa shape index (κ1) is 13.5. The molecule has 0 saturated heterocycles. The van der Waals surface area contributed by atoms with Gasteiger partial charge in [0.2, 0.25) is 5.91 Å². The van der Waals surface area contributed by atoms with Crippen molar-refractivity contribution >= 4 is 17.6 Å². The molecule has 4 N–H and O–H groups in total. The molecule has 1 fully saturated rings. The third-order valence-corrected chi connectivity index (χ3v) is 3.34. The van der Waals surface area contributed by atoms with Crippen molar-refractivity contribution in [2.45, 2.75) is 38.3 Å². The number of carboxylic acids is 1. The van der Waals surface area contributed by atoms with Crippen LogP contribution in [-0.2, 0) is 16.1 Å². The Hall–Kier alpha value is -1.89. The van der Waals surface area contributed by atoms with Gasteiger partial charge in [-0.15, -0.1) is 0 Å². The first-order valence-corrected chi connectivity index (χ1v) is 6.35. The van der Waals surface area contributed by atoms with Crippen molar-refractivity contribution in [1.29, 1.82) is 0 Å². The molecule has 1 aliphatic carbocycles. The zero-order valence-electron chi connectivity index (χ0n) is 10.6. The van der Waals surface area contributed by atoms with Crippen LogP contribution in [0, 0.1) is 5.92 Å². The van der Waals surface area contributed by atoms with Gasteiger partial charge in [-0.05, 0) is 25.7 Å². The van der Waals surface area contributed by atoms with Crippen LogP contribution in [0.4, 0.5) is 5.69 Å². The summed E-state index contributed by atoms with van der Waals surface area (Å²) >= 11 is 0. The van der Waals surface area contributed by atoms with Gasteiger partial charge in [-0.25, -0.2) is 0 Å². The molecule has 104 valence electrons. The molecule has 1 amide bonds. The molecule has 1 heterocycles. The van der Waals surface area contributed by atoms with Gasteiger partial charge in [-0.2, -0.15) is 5.10 Å². The van der Waals surface area contributed by atoms with Gasteiger partial charge >= 0.3 is 5.97 Å². The van der Waals surface area contributed by atoms with Gasteiger partial charge in [-0.3, -0.25) is 14.3 Å². The molecule has 7 nitrogen and oxygen atoms in total. The number of nitrogens with one attached hydrogen (secondary N) is 1. The Bertz CT molecular complexity index is 463. The number of hydrogen-bond acceptors (Lipinski definition) is 4. The fraction of sp³-hybridized carbons (Fsp3) is 0.583. The number of carboxylic acid groups (broad SMARTS) is 1. The van der Waals surface area contributed by atoms with Crippen molar-refractivity contribution in [3.63, 3.8) is 0 Å². The Balaban J connectivity index is 1.88. The second kappa shape index (κ2) is 5.83. The minimum atomic E-state index is -0.970. The van der Waals surface area contributed by atoms with Crippen molar-refractivity contribution in [2.24, 2.45) is 11.7 Å². The molecule has 1 aliphatic rings. The zero-order chi connectivity index (χ0) is 13.8. The van der Waals surface area contributed by atoms with E-state index in [4.69, 9.17) is 10.8 Å². The first-order valence-electron chi connectivity index (χ1n) is 6.35. The van der Waals surface area contributed by atoms with Crippen LogP contribution in [0.15, 0.2) is 12.4 Å².